The van der Waals surface area contributed by atoms with Gasteiger partial charge in [-0.2, -0.15) is 0 Å². The number of carboxylic acids is 1. The van der Waals surface area contributed by atoms with Gasteiger partial charge in [0.2, 0.25) is 0 Å². The summed E-state index contributed by atoms with van der Waals surface area (Å²) < 4.78 is 4.37. The Balaban J connectivity index is 0. The number of rotatable bonds is 8. The minimum Gasteiger partial charge on any atom is -0.481 e. The Morgan fingerprint density at radius 2 is 1.71 bits per heavy atom. The molecular weight excluding hydrogens is 244 g/mol. The van der Waals surface area contributed by atoms with Crippen LogP contribution in [0, 0.1) is 0 Å². The highest BCUT2D eigenvalue weighted by atomic mass is 35.5. The predicted molar refractivity (Wildman–Crippen MR) is 68.4 cm³/mol. The van der Waals surface area contributed by atoms with Crippen LogP contribution < -0.4 is 0 Å². The van der Waals surface area contributed by atoms with E-state index in [1.807, 2.05) is 0 Å². The molecule has 0 radical (unpaired) electrons. The average molecular weight is 267 g/mol. The SMILES string of the molecule is CCCCCCl.COC(=O)CCCCC(=O)O. The summed E-state index contributed by atoms with van der Waals surface area (Å²) in [6.07, 6.45) is 5.28. The highest BCUT2D eigenvalue weighted by molar-refractivity contribution is 6.17. The molecule has 1 N–H and O–H groups in total. The fraction of sp³-hybridized carbons (Fsp3) is 0.833. The highest BCUT2D eigenvalue weighted by Crippen LogP contribution is 2.00. The second-order valence-electron chi connectivity index (χ2n) is 3.57. The van der Waals surface area contributed by atoms with Gasteiger partial charge in [0.05, 0.1) is 7.11 Å². The van der Waals surface area contributed by atoms with Crippen LogP contribution in [-0.2, 0) is 14.3 Å². The van der Waals surface area contributed by atoms with Crippen LogP contribution in [0.1, 0.15) is 51.9 Å². The maximum Gasteiger partial charge on any atom is 0.305 e. The molecule has 4 nitrogen and oxygen atoms in total. The molecule has 0 aliphatic carbocycles. The van der Waals surface area contributed by atoms with E-state index < -0.39 is 5.97 Å². The Labute approximate surface area is 108 Å². The molecule has 0 spiro atoms. The first-order chi connectivity index (χ1) is 8.08. The van der Waals surface area contributed by atoms with E-state index in [4.69, 9.17) is 16.7 Å². The van der Waals surface area contributed by atoms with E-state index in [9.17, 15) is 9.59 Å². The lowest BCUT2D eigenvalue weighted by Gasteiger charge is -1.96. The van der Waals surface area contributed by atoms with Crippen LogP contribution >= 0.6 is 11.6 Å². The van der Waals surface area contributed by atoms with Crippen LogP contribution in [0.2, 0.25) is 0 Å². The molecule has 0 aromatic carbocycles. The fourth-order valence-corrected chi connectivity index (χ4v) is 1.18. The van der Waals surface area contributed by atoms with Gasteiger partial charge in [-0.15, -0.1) is 11.6 Å². The van der Waals surface area contributed by atoms with Crippen molar-refractivity contribution < 1.29 is 19.4 Å². The van der Waals surface area contributed by atoms with Crippen molar-refractivity contribution in [2.45, 2.75) is 51.9 Å². The Morgan fingerprint density at radius 1 is 1.12 bits per heavy atom. The van der Waals surface area contributed by atoms with Crippen LogP contribution in [0.4, 0.5) is 0 Å². The zero-order chi connectivity index (χ0) is 13.5. The van der Waals surface area contributed by atoms with Gasteiger partial charge in [0.25, 0.3) is 0 Å². The van der Waals surface area contributed by atoms with Gasteiger partial charge in [-0.25, -0.2) is 0 Å². The topological polar surface area (TPSA) is 63.6 Å². The molecule has 0 saturated carbocycles. The number of unbranched alkanes of at least 4 members (excludes halogenated alkanes) is 3. The number of methoxy groups -OCH3 is 1. The molecule has 0 aliphatic heterocycles. The van der Waals surface area contributed by atoms with Crippen LogP contribution in [0.15, 0.2) is 0 Å². The summed E-state index contributed by atoms with van der Waals surface area (Å²) in [5, 5.41) is 8.22. The molecule has 0 saturated heterocycles. The van der Waals surface area contributed by atoms with Crippen molar-refractivity contribution in [3.8, 4) is 0 Å². The molecule has 0 aromatic heterocycles. The van der Waals surface area contributed by atoms with Crippen LogP contribution in [0.5, 0.6) is 0 Å². The molecule has 0 heterocycles. The second kappa shape index (κ2) is 15.2. The van der Waals surface area contributed by atoms with Crippen LogP contribution in [0.25, 0.3) is 0 Å². The van der Waals surface area contributed by atoms with Crippen LogP contribution in [-0.4, -0.2) is 30.0 Å². The number of halogens is 1. The van der Waals surface area contributed by atoms with Gasteiger partial charge in [-0.05, 0) is 19.3 Å². The Morgan fingerprint density at radius 3 is 2.06 bits per heavy atom. The highest BCUT2D eigenvalue weighted by Gasteiger charge is 2.01. The number of hydrogen-bond acceptors (Lipinski definition) is 3. The standard InChI is InChI=1S/C7H12O4.C5H11Cl/c1-11-7(10)5-3-2-4-6(8)9;1-2-3-4-5-6/h2-5H2,1H3,(H,8,9);2-5H2,1H3. The van der Waals surface area contributed by atoms with E-state index in [1.54, 1.807) is 0 Å². The number of esters is 1. The molecule has 0 rings (SSSR count). The lowest BCUT2D eigenvalue weighted by molar-refractivity contribution is -0.141. The Kier molecular flexibility index (Phi) is 16.7. The normalized spacial score (nSPS) is 9.12. The molecule has 0 unspecified atom stereocenters. The maximum absolute atomic E-state index is 10.5. The van der Waals surface area contributed by atoms with E-state index >= 15 is 0 Å². The third-order valence-corrected chi connectivity index (χ3v) is 2.25. The zero-order valence-corrected chi connectivity index (χ0v) is 11.5. The molecule has 0 atom stereocenters. The molecule has 5 heteroatoms. The number of carbonyl (C=O) groups excluding carboxylic acids is 1. The summed E-state index contributed by atoms with van der Waals surface area (Å²) in [7, 11) is 1.32. The molecule has 0 amide bonds. The average Bonchev–Trinajstić information content (AvgIpc) is 2.32. The third-order valence-electron chi connectivity index (χ3n) is 1.99. The monoisotopic (exact) mass is 266 g/mol. The third kappa shape index (κ3) is 21.1. The molecule has 102 valence electrons. The van der Waals surface area contributed by atoms with E-state index in [-0.39, 0.29) is 12.4 Å². The summed E-state index contributed by atoms with van der Waals surface area (Å²) in [4.78, 5) is 20.5. The number of hydrogen-bond donors (Lipinski definition) is 1. The van der Waals surface area contributed by atoms with Crippen molar-refractivity contribution in [2.24, 2.45) is 0 Å². The second-order valence-corrected chi connectivity index (χ2v) is 3.95. The Hall–Kier alpha value is -0.770. The predicted octanol–water partition coefficient (Wildman–Crippen LogP) is 3.22. The minimum absolute atomic E-state index is 0.122. The van der Waals surface area contributed by atoms with Crippen molar-refractivity contribution in [1.82, 2.24) is 0 Å². The first-order valence-electron chi connectivity index (χ1n) is 5.93. The van der Waals surface area contributed by atoms with Crippen molar-refractivity contribution >= 4 is 23.5 Å². The first kappa shape index (κ1) is 18.6. The summed E-state index contributed by atoms with van der Waals surface area (Å²) in [5.41, 5.74) is 0. The zero-order valence-electron chi connectivity index (χ0n) is 10.7. The van der Waals surface area contributed by atoms with Crippen molar-refractivity contribution in [3.05, 3.63) is 0 Å². The molecular formula is C12H23ClO4. The van der Waals surface area contributed by atoms with E-state index in [0.717, 1.165) is 5.88 Å². The molecule has 17 heavy (non-hydrogen) atoms. The van der Waals surface area contributed by atoms with Gasteiger partial charge >= 0.3 is 11.9 Å². The lowest BCUT2D eigenvalue weighted by atomic mass is 10.2. The van der Waals surface area contributed by atoms with E-state index in [1.165, 1.54) is 26.4 Å². The molecule has 0 aromatic rings. The fourth-order valence-electron chi connectivity index (χ4n) is 0.992. The number of ether oxygens (including phenoxy) is 1. The first-order valence-corrected chi connectivity index (χ1v) is 6.46. The summed E-state index contributed by atoms with van der Waals surface area (Å²) in [6, 6.07) is 0. The number of carbonyl (C=O) groups is 2. The van der Waals surface area contributed by atoms with Gasteiger partial charge in [0.15, 0.2) is 0 Å². The van der Waals surface area contributed by atoms with E-state index in [0.29, 0.717) is 19.3 Å². The van der Waals surface area contributed by atoms with Crippen LogP contribution in [0.3, 0.4) is 0 Å². The molecule has 0 bridgehead atoms. The van der Waals surface area contributed by atoms with Crippen molar-refractivity contribution in [3.63, 3.8) is 0 Å². The van der Waals surface area contributed by atoms with Gasteiger partial charge < -0.3 is 9.84 Å². The molecule has 0 fully saturated rings. The van der Waals surface area contributed by atoms with Gasteiger partial charge in [0.1, 0.15) is 0 Å². The van der Waals surface area contributed by atoms with Crippen molar-refractivity contribution in [1.29, 1.82) is 0 Å². The number of carboxylic acid groups (broad SMARTS) is 1. The summed E-state index contributed by atoms with van der Waals surface area (Å²) in [6.45, 7) is 2.17. The lowest BCUT2D eigenvalue weighted by Crippen LogP contribution is -2.00. The number of aliphatic carboxylic acids is 1. The van der Waals surface area contributed by atoms with Gasteiger partial charge in [0, 0.05) is 18.7 Å². The molecule has 0 aliphatic rings. The summed E-state index contributed by atoms with van der Waals surface area (Å²) in [5.74, 6) is -0.279. The quantitative estimate of drug-likeness (QED) is 0.416. The maximum atomic E-state index is 10.5. The minimum atomic E-state index is -0.824. The largest absolute Gasteiger partial charge is 0.481 e. The Bertz CT molecular complexity index is 191. The number of alkyl halides is 1. The van der Waals surface area contributed by atoms with Gasteiger partial charge in [-0.3, -0.25) is 9.59 Å². The van der Waals surface area contributed by atoms with Crippen molar-refractivity contribution in [2.75, 3.05) is 13.0 Å². The van der Waals surface area contributed by atoms with Gasteiger partial charge in [-0.1, -0.05) is 19.8 Å². The smallest absolute Gasteiger partial charge is 0.305 e. The summed E-state index contributed by atoms with van der Waals surface area (Å²) >= 11 is 5.38. The van der Waals surface area contributed by atoms with E-state index in [2.05, 4.69) is 11.7 Å².